The lowest BCUT2D eigenvalue weighted by Gasteiger charge is -2.21. The van der Waals surface area contributed by atoms with Crippen molar-refractivity contribution < 1.29 is 8.42 Å². The second kappa shape index (κ2) is 8.63. The zero-order valence-electron chi connectivity index (χ0n) is 10.3. The predicted octanol–water partition coefficient (Wildman–Crippen LogP) is 0.754. The summed E-state index contributed by atoms with van der Waals surface area (Å²) in [6, 6.07) is 0. The summed E-state index contributed by atoms with van der Waals surface area (Å²) in [4.78, 5) is 0. The topological polar surface area (TPSA) is 58.2 Å². The van der Waals surface area contributed by atoms with Crippen LogP contribution in [0, 0.1) is 0 Å². The number of thioether (sulfide) groups is 2. The summed E-state index contributed by atoms with van der Waals surface area (Å²) in [5, 5.41) is 3.57. The van der Waals surface area contributed by atoms with Gasteiger partial charge in [-0.15, -0.1) is 0 Å². The maximum atomic E-state index is 11.7. The maximum absolute atomic E-state index is 11.7. The zero-order chi connectivity index (χ0) is 12.6. The summed E-state index contributed by atoms with van der Waals surface area (Å²) >= 11 is 3.79. The third-order valence-corrected chi connectivity index (χ3v) is 6.71. The van der Waals surface area contributed by atoms with Crippen molar-refractivity contribution in [3.8, 4) is 0 Å². The Hall–Kier alpha value is 0.570. The fraction of sp³-hybridized carbons (Fsp3) is 1.00. The minimum absolute atomic E-state index is 0.227. The Morgan fingerprint density at radius 3 is 2.82 bits per heavy atom. The molecule has 1 aliphatic rings. The third-order valence-electron chi connectivity index (χ3n) is 2.43. The Morgan fingerprint density at radius 1 is 1.35 bits per heavy atom. The Bertz CT molecular complexity index is 290. The van der Waals surface area contributed by atoms with E-state index in [1.807, 2.05) is 30.4 Å². The van der Waals surface area contributed by atoms with Gasteiger partial charge in [-0.1, -0.05) is 6.92 Å². The van der Waals surface area contributed by atoms with E-state index in [-0.39, 0.29) is 5.75 Å². The zero-order valence-corrected chi connectivity index (χ0v) is 12.7. The van der Waals surface area contributed by atoms with Crippen LogP contribution in [0.3, 0.4) is 0 Å². The molecule has 1 rings (SSSR count). The Morgan fingerprint density at radius 2 is 2.18 bits per heavy atom. The van der Waals surface area contributed by atoms with Gasteiger partial charge in [0.25, 0.3) is 0 Å². The molecule has 1 fully saturated rings. The predicted molar refractivity (Wildman–Crippen MR) is 78.5 cm³/mol. The van der Waals surface area contributed by atoms with E-state index >= 15 is 0 Å². The molecule has 0 aromatic heterocycles. The molecule has 1 unspecified atom stereocenters. The number of sulfonamides is 1. The summed E-state index contributed by atoms with van der Waals surface area (Å²) in [6.45, 7) is 4.26. The van der Waals surface area contributed by atoms with Crippen LogP contribution in [0.5, 0.6) is 0 Å². The lowest BCUT2D eigenvalue weighted by molar-refractivity contribution is 0.576. The first kappa shape index (κ1) is 15.6. The molecule has 0 spiro atoms. The molecule has 7 heteroatoms. The van der Waals surface area contributed by atoms with Gasteiger partial charge >= 0.3 is 0 Å². The normalized spacial score (nSPS) is 21.6. The van der Waals surface area contributed by atoms with Crippen LogP contribution in [0.15, 0.2) is 0 Å². The number of nitrogens with one attached hydrogen (secondary N) is 2. The first-order chi connectivity index (χ1) is 8.14. The van der Waals surface area contributed by atoms with Crippen LogP contribution < -0.4 is 10.0 Å². The molecule has 4 nitrogen and oxygen atoms in total. The summed E-state index contributed by atoms with van der Waals surface area (Å²) in [7, 11) is -3.07. The van der Waals surface area contributed by atoms with E-state index in [4.69, 9.17) is 0 Å². The first-order valence-electron chi connectivity index (χ1n) is 6.01. The van der Waals surface area contributed by atoms with E-state index < -0.39 is 10.0 Å². The number of rotatable bonds is 8. The van der Waals surface area contributed by atoms with Gasteiger partial charge in [-0.05, 0) is 19.5 Å². The minimum atomic E-state index is -3.07. The smallest absolute Gasteiger partial charge is 0.211 e. The molecule has 102 valence electrons. The SMILES string of the molecule is CCNCCCS(=O)(=O)NCC1CSCCS1. The molecular weight excluding hydrogens is 276 g/mol. The monoisotopic (exact) mass is 298 g/mol. The van der Waals surface area contributed by atoms with Crippen LogP contribution in [0.1, 0.15) is 13.3 Å². The highest BCUT2D eigenvalue weighted by atomic mass is 32.2. The van der Waals surface area contributed by atoms with Crippen molar-refractivity contribution in [3.05, 3.63) is 0 Å². The summed E-state index contributed by atoms with van der Waals surface area (Å²) in [5.41, 5.74) is 0. The average Bonchev–Trinajstić information content (AvgIpc) is 2.34. The van der Waals surface area contributed by atoms with Gasteiger partial charge in [0.05, 0.1) is 5.75 Å². The van der Waals surface area contributed by atoms with Gasteiger partial charge in [0.15, 0.2) is 0 Å². The van der Waals surface area contributed by atoms with Crippen LogP contribution in [-0.4, -0.2) is 56.3 Å². The van der Waals surface area contributed by atoms with Crippen LogP contribution >= 0.6 is 23.5 Å². The Kier molecular flexibility index (Phi) is 7.94. The molecule has 2 N–H and O–H groups in total. The van der Waals surface area contributed by atoms with Gasteiger partial charge in [-0.25, -0.2) is 13.1 Å². The molecule has 17 heavy (non-hydrogen) atoms. The molecular formula is C10H22N2O2S3. The molecule has 1 aliphatic heterocycles. The van der Waals surface area contributed by atoms with Crippen LogP contribution in [0.2, 0.25) is 0 Å². The lowest BCUT2D eigenvalue weighted by atomic mass is 10.5. The van der Waals surface area contributed by atoms with Gasteiger partial charge in [-0.2, -0.15) is 23.5 Å². The molecule has 0 radical (unpaired) electrons. The third kappa shape index (κ3) is 7.56. The molecule has 1 atom stereocenters. The van der Waals surface area contributed by atoms with E-state index in [9.17, 15) is 8.42 Å². The Balaban J connectivity index is 2.14. The van der Waals surface area contributed by atoms with Crippen molar-refractivity contribution in [2.75, 3.05) is 42.6 Å². The van der Waals surface area contributed by atoms with Crippen molar-refractivity contribution in [1.82, 2.24) is 10.0 Å². The molecule has 0 aliphatic carbocycles. The Labute approximate surface area is 113 Å². The molecule has 0 amide bonds. The van der Waals surface area contributed by atoms with Crippen molar-refractivity contribution >= 4 is 33.5 Å². The van der Waals surface area contributed by atoms with E-state index in [0.29, 0.717) is 18.2 Å². The minimum Gasteiger partial charge on any atom is -0.317 e. The van der Waals surface area contributed by atoms with Crippen molar-refractivity contribution in [1.29, 1.82) is 0 Å². The van der Waals surface area contributed by atoms with Gasteiger partial charge in [-0.3, -0.25) is 0 Å². The van der Waals surface area contributed by atoms with Gasteiger partial charge < -0.3 is 5.32 Å². The van der Waals surface area contributed by atoms with E-state index in [2.05, 4.69) is 10.0 Å². The largest absolute Gasteiger partial charge is 0.317 e. The van der Waals surface area contributed by atoms with Crippen molar-refractivity contribution in [3.63, 3.8) is 0 Å². The average molecular weight is 298 g/mol. The van der Waals surface area contributed by atoms with Crippen molar-refractivity contribution in [2.45, 2.75) is 18.6 Å². The fourth-order valence-corrected chi connectivity index (χ4v) is 5.35. The van der Waals surface area contributed by atoms with Crippen LogP contribution in [0.4, 0.5) is 0 Å². The molecule has 1 saturated heterocycles. The lowest BCUT2D eigenvalue weighted by Crippen LogP contribution is -2.35. The van der Waals surface area contributed by atoms with Gasteiger partial charge in [0, 0.05) is 29.1 Å². The van der Waals surface area contributed by atoms with Crippen LogP contribution in [-0.2, 0) is 10.0 Å². The summed E-state index contributed by atoms with van der Waals surface area (Å²) in [5.74, 6) is 3.61. The molecule has 0 bridgehead atoms. The molecule has 0 aromatic carbocycles. The maximum Gasteiger partial charge on any atom is 0.211 e. The van der Waals surface area contributed by atoms with Crippen LogP contribution in [0.25, 0.3) is 0 Å². The highest BCUT2D eigenvalue weighted by Crippen LogP contribution is 2.23. The van der Waals surface area contributed by atoms with E-state index in [0.717, 1.165) is 24.6 Å². The van der Waals surface area contributed by atoms with E-state index in [1.54, 1.807) is 0 Å². The number of hydrogen-bond acceptors (Lipinski definition) is 5. The second-order valence-corrected chi connectivity index (χ2v) is 8.43. The molecule has 0 aromatic rings. The highest BCUT2D eigenvalue weighted by molar-refractivity contribution is 8.06. The standard InChI is InChI=1S/C10H22N2O2S3/c1-2-11-4-3-7-17(13,14)12-8-10-9-15-5-6-16-10/h10-12H,2-9H2,1H3. The quantitative estimate of drug-likeness (QED) is 0.648. The van der Waals surface area contributed by atoms with Gasteiger partial charge in [0.1, 0.15) is 0 Å². The van der Waals surface area contributed by atoms with E-state index in [1.165, 1.54) is 5.75 Å². The second-order valence-electron chi connectivity index (χ2n) is 3.94. The summed E-state index contributed by atoms with van der Waals surface area (Å²) < 4.78 is 26.1. The summed E-state index contributed by atoms with van der Waals surface area (Å²) in [6.07, 6.45) is 0.676. The first-order valence-corrected chi connectivity index (χ1v) is 9.87. The number of hydrogen-bond donors (Lipinski definition) is 2. The highest BCUT2D eigenvalue weighted by Gasteiger charge is 2.17. The molecule has 0 saturated carbocycles. The fourth-order valence-electron chi connectivity index (χ4n) is 1.51. The molecule has 1 heterocycles. The van der Waals surface area contributed by atoms with Gasteiger partial charge in [0.2, 0.25) is 10.0 Å². The van der Waals surface area contributed by atoms with Crippen molar-refractivity contribution in [2.24, 2.45) is 0 Å².